The van der Waals surface area contributed by atoms with Crippen molar-refractivity contribution in [3.63, 3.8) is 0 Å². The van der Waals surface area contributed by atoms with Gasteiger partial charge in [0.15, 0.2) is 0 Å². The summed E-state index contributed by atoms with van der Waals surface area (Å²) in [6.07, 6.45) is 6.21. The monoisotopic (exact) mass is 355 g/mol. The first kappa shape index (κ1) is 18.5. The standard InChI is InChI=1S/C21H29N3O2/c1-5-14(2)23-21(25)15(3)24-10-8-16(9-11-24)19-13-22-20-7-6-17(26-4)12-18(19)20/h6-8,12-15,22H,5,9-11H2,1-4H3,(H,23,25). The molecule has 140 valence electrons. The largest absolute Gasteiger partial charge is 0.497 e. The van der Waals surface area contributed by atoms with Gasteiger partial charge in [-0.25, -0.2) is 0 Å². The molecule has 3 rings (SSSR count). The SMILES string of the molecule is CCC(C)NC(=O)C(C)N1CC=C(c2c[nH]c3ccc(OC)cc23)CC1. The lowest BCUT2D eigenvalue weighted by atomic mass is 9.98. The molecule has 1 amide bonds. The Labute approximate surface area is 155 Å². The molecule has 0 radical (unpaired) electrons. The maximum Gasteiger partial charge on any atom is 0.237 e. The van der Waals surface area contributed by atoms with Gasteiger partial charge in [0.2, 0.25) is 5.91 Å². The van der Waals surface area contributed by atoms with E-state index >= 15 is 0 Å². The summed E-state index contributed by atoms with van der Waals surface area (Å²) < 4.78 is 5.36. The molecule has 0 spiro atoms. The van der Waals surface area contributed by atoms with Gasteiger partial charge in [0.1, 0.15) is 5.75 Å². The van der Waals surface area contributed by atoms with Gasteiger partial charge in [-0.15, -0.1) is 0 Å². The van der Waals surface area contributed by atoms with Crippen LogP contribution in [0.2, 0.25) is 0 Å². The van der Waals surface area contributed by atoms with Crippen molar-refractivity contribution in [1.29, 1.82) is 0 Å². The Bertz CT molecular complexity index is 809. The zero-order valence-corrected chi connectivity index (χ0v) is 16.1. The molecule has 0 bridgehead atoms. The van der Waals surface area contributed by atoms with E-state index in [1.165, 1.54) is 16.5 Å². The van der Waals surface area contributed by atoms with Crippen LogP contribution in [0.5, 0.6) is 5.75 Å². The second kappa shape index (κ2) is 7.96. The molecule has 1 aromatic carbocycles. The zero-order valence-electron chi connectivity index (χ0n) is 16.1. The molecule has 0 aliphatic carbocycles. The van der Waals surface area contributed by atoms with Crippen molar-refractivity contribution in [2.75, 3.05) is 20.2 Å². The first-order chi connectivity index (χ1) is 12.5. The second-order valence-corrected chi connectivity index (χ2v) is 7.08. The summed E-state index contributed by atoms with van der Waals surface area (Å²) in [5.74, 6) is 0.986. The second-order valence-electron chi connectivity index (χ2n) is 7.08. The third-order valence-electron chi connectivity index (χ3n) is 5.40. The summed E-state index contributed by atoms with van der Waals surface area (Å²) in [5.41, 5.74) is 3.68. The highest BCUT2D eigenvalue weighted by Gasteiger charge is 2.24. The van der Waals surface area contributed by atoms with Gasteiger partial charge in [-0.2, -0.15) is 0 Å². The van der Waals surface area contributed by atoms with E-state index in [-0.39, 0.29) is 18.0 Å². The van der Waals surface area contributed by atoms with Crippen LogP contribution in [0.1, 0.15) is 39.2 Å². The van der Waals surface area contributed by atoms with Crippen LogP contribution < -0.4 is 10.1 Å². The fourth-order valence-electron chi connectivity index (χ4n) is 3.40. The molecule has 2 heterocycles. The first-order valence-electron chi connectivity index (χ1n) is 9.42. The maximum atomic E-state index is 12.4. The van der Waals surface area contributed by atoms with Gasteiger partial charge >= 0.3 is 0 Å². The molecule has 0 saturated heterocycles. The summed E-state index contributed by atoms with van der Waals surface area (Å²) >= 11 is 0. The minimum atomic E-state index is -0.107. The quantitative estimate of drug-likeness (QED) is 0.833. The number of nitrogens with one attached hydrogen (secondary N) is 2. The van der Waals surface area contributed by atoms with Gasteiger partial charge in [0, 0.05) is 41.8 Å². The lowest BCUT2D eigenvalue weighted by Gasteiger charge is -2.31. The van der Waals surface area contributed by atoms with Gasteiger partial charge < -0.3 is 15.0 Å². The van der Waals surface area contributed by atoms with Crippen molar-refractivity contribution in [2.45, 2.75) is 45.7 Å². The van der Waals surface area contributed by atoms with Crippen molar-refractivity contribution in [2.24, 2.45) is 0 Å². The Hall–Kier alpha value is -2.27. The minimum Gasteiger partial charge on any atom is -0.497 e. The van der Waals surface area contributed by atoms with Gasteiger partial charge in [-0.1, -0.05) is 13.0 Å². The molecule has 0 fully saturated rings. The molecule has 2 aromatic rings. The van der Waals surface area contributed by atoms with E-state index in [4.69, 9.17) is 4.74 Å². The number of carbonyl (C=O) groups is 1. The molecule has 5 heteroatoms. The van der Waals surface area contributed by atoms with Crippen LogP contribution in [0, 0.1) is 0 Å². The van der Waals surface area contributed by atoms with Crippen LogP contribution in [-0.2, 0) is 4.79 Å². The topological polar surface area (TPSA) is 57.4 Å². The number of nitrogens with zero attached hydrogens (tertiary/aromatic N) is 1. The van der Waals surface area contributed by atoms with Crippen LogP contribution in [0.15, 0.2) is 30.5 Å². The zero-order chi connectivity index (χ0) is 18.7. The van der Waals surface area contributed by atoms with E-state index in [2.05, 4.69) is 46.5 Å². The summed E-state index contributed by atoms with van der Waals surface area (Å²) in [6.45, 7) is 7.80. The molecule has 26 heavy (non-hydrogen) atoms. The molecule has 1 aromatic heterocycles. The van der Waals surface area contributed by atoms with E-state index in [1.807, 2.05) is 19.9 Å². The van der Waals surface area contributed by atoms with Crippen LogP contribution in [0.3, 0.4) is 0 Å². The number of amides is 1. The molecule has 1 aliphatic heterocycles. The van der Waals surface area contributed by atoms with E-state index in [0.717, 1.165) is 37.2 Å². The number of hydrogen-bond donors (Lipinski definition) is 2. The molecule has 1 aliphatic rings. The number of ether oxygens (including phenoxy) is 1. The molecule has 5 nitrogen and oxygen atoms in total. The van der Waals surface area contributed by atoms with Crippen molar-refractivity contribution >= 4 is 22.4 Å². The van der Waals surface area contributed by atoms with Gasteiger partial charge in [0.25, 0.3) is 0 Å². The number of benzene rings is 1. The average Bonchev–Trinajstić information content (AvgIpc) is 3.10. The minimum absolute atomic E-state index is 0.107. The number of rotatable bonds is 6. The lowest BCUT2D eigenvalue weighted by molar-refractivity contribution is -0.126. The highest BCUT2D eigenvalue weighted by molar-refractivity contribution is 5.93. The van der Waals surface area contributed by atoms with E-state index in [9.17, 15) is 4.79 Å². The highest BCUT2D eigenvalue weighted by Crippen LogP contribution is 2.31. The fraction of sp³-hybridized carbons (Fsp3) is 0.476. The first-order valence-corrected chi connectivity index (χ1v) is 9.42. The predicted molar refractivity (Wildman–Crippen MR) is 106 cm³/mol. The van der Waals surface area contributed by atoms with Gasteiger partial charge in [-0.3, -0.25) is 9.69 Å². The maximum absolute atomic E-state index is 12.4. The summed E-state index contributed by atoms with van der Waals surface area (Å²) in [4.78, 5) is 18.0. The molecular weight excluding hydrogens is 326 g/mol. The number of hydrogen-bond acceptors (Lipinski definition) is 3. The highest BCUT2D eigenvalue weighted by atomic mass is 16.5. The third kappa shape index (κ3) is 3.78. The number of H-pyrrole nitrogens is 1. The molecule has 0 saturated carbocycles. The Morgan fingerprint density at radius 1 is 1.38 bits per heavy atom. The molecular formula is C21H29N3O2. The molecule has 2 N–H and O–H groups in total. The van der Waals surface area contributed by atoms with Gasteiger partial charge in [0.05, 0.1) is 13.2 Å². The number of aromatic nitrogens is 1. The van der Waals surface area contributed by atoms with Crippen LogP contribution in [-0.4, -0.2) is 48.1 Å². The van der Waals surface area contributed by atoms with Crippen molar-refractivity contribution in [3.8, 4) is 5.75 Å². The van der Waals surface area contributed by atoms with E-state index in [0.29, 0.717) is 0 Å². The number of aromatic amines is 1. The van der Waals surface area contributed by atoms with E-state index in [1.54, 1.807) is 7.11 Å². The number of methoxy groups -OCH3 is 1. The van der Waals surface area contributed by atoms with Crippen LogP contribution >= 0.6 is 0 Å². The van der Waals surface area contributed by atoms with Crippen molar-refractivity contribution in [1.82, 2.24) is 15.2 Å². The van der Waals surface area contributed by atoms with Crippen LogP contribution in [0.25, 0.3) is 16.5 Å². The summed E-state index contributed by atoms with van der Waals surface area (Å²) in [6, 6.07) is 6.22. The van der Waals surface area contributed by atoms with Crippen molar-refractivity contribution < 1.29 is 9.53 Å². The Morgan fingerprint density at radius 3 is 2.85 bits per heavy atom. The average molecular weight is 355 g/mol. The Balaban J connectivity index is 1.73. The van der Waals surface area contributed by atoms with E-state index < -0.39 is 0 Å². The smallest absolute Gasteiger partial charge is 0.237 e. The molecule has 2 unspecified atom stereocenters. The summed E-state index contributed by atoms with van der Waals surface area (Å²) in [5, 5.41) is 4.27. The lowest BCUT2D eigenvalue weighted by Crippen LogP contribution is -2.48. The number of carbonyl (C=O) groups excluding carboxylic acids is 1. The van der Waals surface area contributed by atoms with Gasteiger partial charge in [-0.05, 0) is 50.5 Å². The molecule has 2 atom stereocenters. The third-order valence-corrected chi connectivity index (χ3v) is 5.40. The predicted octanol–water partition coefficient (Wildman–Crippen LogP) is 3.57. The fourth-order valence-corrected chi connectivity index (χ4v) is 3.40. The normalized spacial score (nSPS) is 17.6. The number of fused-ring (bicyclic) bond motifs is 1. The van der Waals surface area contributed by atoms with Crippen molar-refractivity contribution in [3.05, 3.63) is 36.0 Å². The van der Waals surface area contributed by atoms with Crippen LogP contribution in [0.4, 0.5) is 0 Å². The summed E-state index contributed by atoms with van der Waals surface area (Å²) in [7, 11) is 1.69. The Kier molecular flexibility index (Phi) is 5.67. The Morgan fingerprint density at radius 2 is 2.19 bits per heavy atom.